The monoisotopic (exact) mass is 283 g/mol. The van der Waals surface area contributed by atoms with Crippen molar-refractivity contribution in [3.63, 3.8) is 0 Å². The lowest BCUT2D eigenvalue weighted by molar-refractivity contribution is -0.433. The molecule has 104 valence electrons. The SMILES string of the molecule is N#Cc1ccc2cnn(C3NC(N)=NC=C3[N+](=O)[O-])c2c1. The van der Waals surface area contributed by atoms with Crippen LogP contribution in [0.5, 0.6) is 0 Å². The first-order valence-electron chi connectivity index (χ1n) is 5.92. The summed E-state index contributed by atoms with van der Waals surface area (Å²) in [5.41, 5.74) is 6.42. The van der Waals surface area contributed by atoms with E-state index >= 15 is 0 Å². The highest BCUT2D eigenvalue weighted by Gasteiger charge is 2.31. The van der Waals surface area contributed by atoms with Gasteiger partial charge < -0.3 is 11.1 Å². The quantitative estimate of drug-likeness (QED) is 0.606. The first kappa shape index (κ1) is 12.6. The smallest absolute Gasteiger partial charge is 0.308 e. The van der Waals surface area contributed by atoms with Gasteiger partial charge in [-0.1, -0.05) is 0 Å². The maximum absolute atomic E-state index is 11.1. The van der Waals surface area contributed by atoms with E-state index in [4.69, 9.17) is 11.0 Å². The van der Waals surface area contributed by atoms with Gasteiger partial charge in [0.05, 0.1) is 28.3 Å². The Morgan fingerprint density at radius 1 is 1.52 bits per heavy atom. The van der Waals surface area contributed by atoms with E-state index < -0.39 is 11.1 Å². The van der Waals surface area contributed by atoms with E-state index in [1.54, 1.807) is 24.4 Å². The topological polar surface area (TPSA) is 135 Å². The Balaban J connectivity index is 2.16. The molecule has 0 fully saturated rings. The highest BCUT2D eigenvalue weighted by molar-refractivity contribution is 5.82. The minimum Gasteiger partial charge on any atom is -0.370 e. The zero-order valence-corrected chi connectivity index (χ0v) is 10.6. The number of nitro groups is 1. The summed E-state index contributed by atoms with van der Waals surface area (Å²) in [6.07, 6.45) is 1.78. The van der Waals surface area contributed by atoms with Gasteiger partial charge >= 0.3 is 5.70 Å². The van der Waals surface area contributed by atoms with Crippen LogP contribution in [0.15, 0.2) is 41.3 Å². The molecule has 0 radical (unpaired) electrons. The second-order valence-electron chi connectivity index (χ2n) is 4.35. The molecule has 1 aromatic heterocycles. The third kappa shape index (κ3) is 2.04. The van der Waals surface area contributed by atoms with Crippen molar-refractivity contribution in [1.29, 1.82) is 5.26 Å². The molecule has 3 rings (SSSR count). The van der Waals surface area contributed by atoms with Crippen LogP contribution in [0.2, 0.25) is 0 Å². The molecule has 2 aromatic rings. The largest absolute Gasteiger partial charge is 0.370 e. The average molecular weight is 283 g/mol. The van der Waals surface area contributed by atoms with Gasteiger partial charge in [-0.3, -0.25) is 10.1 Å². The standard InChI is InChI=1S/C12H9N7O2/c13-4-7-1-2-8-5-16-18(9(8)3-7)11-10(19(20)21)6-15-12(14)17-11/h1-3,5-6,11H,(H3,14,15,17). The molecular weight excluding hydrogens is 274 g/mol. The molecule has 1 unspecified atom stereocenters. The third-order valence-electron chi connectivity index (χ3n) is 3.08. The summed E-state index contributed by atoms with van der Waals surface area (Å²) in [5.74, 6) is 0.0608. The van der Waals surface area contributed by atoms with Crippen LogP contribution in [0.1, 0.15) is 11.7 Å². The van der Waals surface area contributed by atoms with Crippen LogP contribution in [0.25, 0.3) is 10.9 Å². The maximum atomic E-state index is 11.1. The minimum absolute atomic E-state index is 0.0608. The lowest BCUT2D eigenvalue weighted by Gasteiger charge is -2.20. The number of hydrogen-bond donors (Lipinski definition) is 2. The van der Waals surface area contributed by atoms with Gasteiger partial charge in [-0.2, -0.15) is 10.4 Å². The van der Waals surface area contributed by atoms with Crippen molar-refractivity contribution in [3.05, 3.63) is 52.0 Å². The molecule has 0 amide bonds. The van der Waals surface area contributed by atoms with Crippen LogP contribution in [-0.4, -0.2) is 20.7 Å². The number of hydrogen-bond acceptors (Lipinski definition) is 7. The number of nitrogens with one attached hydrogen (secondary N) is 1. The summed E-state index contributed by atoms with van der Waals surface area (Å²) in [4.78, 5) is 14.3. The van der Waals surface area contributed by atoms with Gasteiger partial charge in [0, 0.05) is 5.39 Å². The first-order chi connectivity index (χ1) is 10.1. The van der Waals surface area contributed by atoms with Gasteiger partial charge in [0.15, 0.2) is 5.96 Å². The fourth-order valence-electron chi connectivity index (χ4n) is 2.10. The molecule has 1 aromatic carbocycles. The van der Waals surface area contributed by atoms with Crippen molar-refractivity contribution in [1.82, 2.24) is 15.1 Å². The predicted octanol–water partition coefficient (Wildman–Crippen LogP) is 0.443. The van der Waals surface area contributed by atoms with Crippen LogP contribution < -0.4 is 11.1 Å². The highest BCUT2D eigenvalue weighted by atomic mass is 16.6. The Bertz CT molecular complexity index is 843. The molecule has 0 bridgehead atoms. The summed E-state index contributed by atoms with van der Waals surface area (Å²) < 4.78 is 1.41. The molecule has 3 N–H and O–H groups in total. The van der Waals surface area contributed by atoms with E-state index in [1.165, 1.54) is 4.68 Å². The molecule has 1 aliphatic rings. The van der Waals surface area contributed by atoms with Crippen molar-refractivity contribution in [2.24, 2.45) is 10.7 Å². The number of nitriles is 1. The number of guanidine groups is 1. The number of fused-ring (bicyclic) bond motifs is 1. The molecule has 0 aliphatic carbocycles. The summed E-state index contributed by atoms with van der Waals surface area (Å²) in [7, 11) is 0. The summed E-state index contributed by atoms with van der Waals surface area (Å²) in [6, 6.07) is 7.02. The molecule has 2 heterocycles. The van der Waals surface area contributed by atoms with E-state index in [-0.39, 0.29) is 11.7 Å². The zero-order chi connectivity index (χ0) is 15.0. The molecule has 1 atom stereocenters. The lowest BCUT2D eigenvalue weighted by Crippen LogP contribution is -2.42. The van der Waals surface area contributed by atoms with Crippen molar-refractivity contribution in [3.8, 4) is 6.07 Å². The molecule has 1 aliphatic heterocycles. The summed E-state index contributed by atoms with van der Waals surface area (Å²) >= 11 is 0. The Morgan fingerprint density at radius 3 is 3.05 bits per heavy atom. The second-order valence-corrected chi connectivity index (χ2v) is 4.35. The third-order valence-corrected chi connectivity index (χ3v) is 3.08. The molecule has 9 nitrogen and oxygen atoms in total. The van der Waals surface area contributed by atoms with Crippen LogP contribution in [-0.2, 0) is 0 Å². The van der Waals surface area contributed by atoms with Crippen LogP contribution in [0, 0.1) is 21.4 Å². The number of aliphatic imine (C=N–C) groups is 1. The van der Waals surface area contributed by atoms with Gasteiger partial charge in [-0.05, 0) is 18.2 Å². The molecule has 0 saturated heterocycles. The van der Waals surface area contributed by atoms with E-state index in [9.17, 15) is 10.1 Å². The van der Waals surface area contributed by atoms with Gasteiger partial charge in [0.25, 0.3) is 0 Å². The zero-order valence-electron chi connectivity index (χ0n) is 10.6. The van der Waals surface area contributed by atoms with Crippen LogP contribution in [0.4, 0.5) is 0 Å². The van der Waals surface area contributed by atoms with Gasteiger partial charge in [-0.15, -0.1) is 0 Å². The van der Waals surface area contributed by atoms with E-state index in [0.717, 1.165) is 11.6 Å². The van der Waals surface area contributed by atoms with Gasteiger partial charge in [-0.25, -0.2) is 9.67 Å². The Kier molecular flexibility index (Phi) is 2.77. The first-order valence-corrected chi connectivity index (χ1v) is 5.92. The van der Waals surface area contributed by atoms with Gasteiger partial charge in [0.2, 0.25) is 6.17 Å². The minimum atomic E-state index is -0.885. The number of aromatic nitrogens is 2. The van der Waals surface area contributed by atoms with Gasteiger partial charge in [0.1, 0.15) is 6.20 Å². The summed E-state index contributed by atoms with van der Waals surface area (Å²) in [6.45, 7) is 0. The van der Waals surface area contributed by atoms with Crippen LogP contribution >= 0.6 is 0 Å². The van der Waals surface area contributed by atoms with Crippen LogP contribution in [0.3, 0.4) is 0 Å². The molecule has 0 spiro atoms. The van der Waals surface area contributed by atoms with Crippen molar-refractivity contribution in [2.45, 2.75) is 6.17 Å². The predicted molar refractivity (Wildman–Crippen MR) is 73.3 cm³/mol. The molecule has 9 heteroatoms. The Hall–Kier alpha value is -3.41. The normalized spacial score (nSPS) is 17.6. The van der Waals surface area contributed by atoms with E-state index in [0.29, 0.717) is 11.1 Å². The fraction of sp³-hybridized carbons (Fsp3) is 0.0833. The maximum Gasteiger partial charge on any atom is 0.308 e. The number of nitrogens with two attached hydrogens (primary N) is 1. The second kappa shape index (κ2) is 4.61. The number of rotatable bonds is 2. The summed E-state index contributed by atoms with van der Waals surface area (Å²) in [5, 5.41) is 27.7. The van der Waals surface area contributed by atoms with Crippen molar-refractivity contribution in [2.75, 3.05) is 0 Å². The lowest BCUT2D eigenvalue weighted by atomic mass is 10.2. The number of benzene rings is 1. The highest BCUT2D eigenvalue weighted by Crippen LogP contribution is 2.24. The molecule has 0 saturated carbocycles. The van der Waals surface area contributed by atoms with E-state index in [2.05, 4.69) is 15.4 Å². The Labute approximate surface area is 118 Å². The Morgan fingerprint density at radius 2 is 2.33 bits per heavy atom. The average Bonchev–Trinajstić information content (AvgIpc) is 2.89. The fourth-order valence-corrected chi connectivity index (χ4v) is 2.10. The molecular formula is C12H9N7O2. The van der Waals surface area contributed by atoms with E-state index in [1.807, 2.05) is 6.07 Å². The van der Waals surface area contributed by atoms with Crippen molar-refractivity contribution >= 4 is 16.9 Å². The molecule has 21 heavy (non-hydrogen) atoms. The van der Waals surface area contributed by atoms with Crippen molar-refractivity contribution < 1.29 is 4.92 Å². The number of nitrogens with zero attached hydrogens (tertiary/aromatic N) is 5.